The van der Waals surface area contributed by atoms with E-state index < -0.39 is 27.7 Å². The summed E-state index contributed by atoms with van der Waals surface area (Å²) in [5.41, 5.74) is 1.89. The van der Waals surface area contributed by atoms with E-state index in [1.54, 1.807) is 0 Å². The SMILES string of the molecule is O=S(=O)(O)CCN1C=CC(c2nccc(C(F)(F)F)n2)=CN1. The van der Waals surface area contributed by atoms with Gasteiger partial charge in [-0.1, -0.05) is 0 Å². The summed E-state index contributed by atoms with van der Waals surface area (Å²) >= 11 is 0. The molecule has 0 unspecified atom stereocenters. The molecule has 2 heterocycles. The minimum atomic E-state index is -4.56. The molecule has 22 heavy (non-hydrogen) atoms. The molecule has 1 aliphatic heterocycles. The van der Waals surface area contributed by atoms with Crippen LogP contribution < -0.4 is 5.43 Å². The molecule has 2 rings (SSSR count). The Hall–Kier alpha value is -2.14. The standard InChI is InChI=1S/C11H11F3N4O3S/c12-11(13,14)9-1-3-15-10(17-9)8-2-4-18(16-7-8)5-6-22(19,20)21/h1-4,7,16H,5-6H2,(H,19,20,21). The van der Waals surface area contributed by atoms with Crippen molar-refractivity contribution >= 4 is 15.7 Å². The maximum absolute atomic E-state index is 12.6. The summed E-state index contributed by atoms with van der Waals surface area (Å²) in [6, 6.07) is 0.766. The van der Waals surface area contributed by atoms with E-state index in [4.69, 9.17) is 4.55 Å². The van der Waals surface area contributed by atoms with E-state index in [0.717, 1.165) is 12.3 Å². The molecule has 0 fully saturated rings. The van der Waals surface area contributed by atoms with Crippen LogP contribution in [-0.2, 0) is 16.3 Å². The Morgan fingerprint density at radius 2 is 2.09 bits per heavy atom. The van der Waals surface area contributed by atoms with Gasteiger partial charge < -0.3 is 5.43 Å². The first-order valence-corrected chi connectivity index (χ1v) is 7.53. The summed E-state index contributed by atoms with van der Waals surface area (Å²) in [5.74, 6) is -0.610. The predicted molar refractivity (Wildman–Crippen MR) is 70.4 cm³/mol. The number of nitrogens with zero attached hydrogens (tertiary/aromatic N) is 3. The number of aromatic nitrogens is 2. The molecule has 0 saturated carbocycles. The average molecular weight is 336 g/mol. The highest BCUT2D eigenvalue weighted by molar-refractivity contribution is 7.85. The predicted octanol–water partition coefficient (Wildman–Crippen LogP) is 1.06. The van der Waals surface area contributed by atoms with Crippen LogP contribution in [-0.4, -0.2) is 40.2 Å². The first-order chi connectivity index (χ1) is 10.1. The van der Waals surface area contributed by atoms with Crippen LogP contribution in [0, 0.1) is 0 Å². The van der Waals surface area contributed by atoms with Gasteiger partial charge in [0.2, 0.25) is 0 Å². The van der Waals surface area contributed by atoms with Crippen LogP contribution in [0.3, 0.4) is 0 Å². The van der Waals surface area contributed by atoms with Crippen molar-refractivity contribution in [2.75, 3.05) is 12.3 Å². The molecule has 0 amide bonds. The van der Waals surface area contributed by atoms with Crippen molar-refractivity contribution in [3.63, 3.8) is 0 Å². The van der Waals surface area contributed by atoms with Gasteiger partial charge in [-0.05, 0) is 12.1 Å². The fourth-order valence-electron chi connectivity index (χ4n) is 1.56. The van der Waals surface area contributed by atoms with Gasteiger partial charge in [-0.2, -0.15) is 21.6 Å². The molecule has 0 aliphatic carbocycles. The molecule has 0 spiro atoms. The smallest absolute Gasteiger partial charge is 0.305 e. The van der Waals surface area contributed by atoms with Crippen LogP contribution in [0.2, 0.25) is 0 Å². The first kappa shape index (κ1) is 16.2. The maximum Gasteiger partial charge on any atom is 0.433 e. The lowest BCUT2D eigenvalue weighted by molar-refractivity contribution is -0.141. The topological polar surface area (TPSA) is 95.4 Å². The van der Waals surface area contributed by atoms with Crippen molar-refractivity contribution in [2.24, 2.45) is 0 Å². The molecule has 120 valence electrons. The lowest BCUT2D eigenvalue weighted by atomic mass is 10.2. The summed E-state index contributed by atoms with van der Waals surface area (Å²) in [5, 5.41) is 1.34. The van der Waals surface area contributed by atoms with E-state index in [0.29, 0.717) is 5.57 Å². The van der Waals surface area contributed by atoms with Gasteiger partial charge in [0.05, 0.1) is 12.3 Å². The summed E-state index contributed by atoms with van der Waals surface area (Å²) in [7, 11) is -4.10. The Morgan fingerprint density at radius 1 is 1.36 bits per heavy atom. The maximum atomic E-state index is 12.6. The van der Waals surface area contributed by atoms with Gasteiger partial charge in [-0.15, -0.1) is 0 Å². The van der Waals surface area contributed by atoms with Gasteiger partial charge in [0.25, 0.3) is 10.1 Å². The fraction of sp³-hybridized carbons (Fsp3) is 0.273. The molecule has 0 aromatic carbocycles. The number of hydrogen-bond donors (Lipinski definition) is 2. The lowest BCUT2D eigenvalue weighted by Crippen LogP contribution is -2.35. The molecule has 7 nitrogen and oxygen atoms in total. The number of halogens is 3. The molecule has 1 aromatic heterocycles. The van der Waals surface area contributed by atoms with Crippen LogP contribution in [0.5, 0.6) is 0 Å². The van der Waals surface area contributed by atoms with E-state index in [2.05, 4.69) is 15.4 Å². The van der Waals surface area contributed by atoms with Crippen LogP contribution in [0.25, 0.3) is 5.57 Å². The van der Waals surface area contributed by atoms with Crippen LogP contribution in [0.4, 0.5) is 13.2 Å². The molecule has 0 atom stereocenters. The largest absolute Gasteiger partial charge is 0.433 e. The Kier molecular flexibility index (Phi) is 4.37. The van der Waals surface area contributed by atoms with E-state index >= 15 is 0 Å². The third-order valence-electron chi connectivity index (χ3n) is 2.61. The number of hydrogen-bond acceptors (Lipinski definition) is 6. The average Bonchev–Trinajstić information content (AvgIpc) is 2.44. The number of alkyl halides is 3. The first-order valence-electron chi connectivity index (χ1n) is 5.92. The van der Waals surface area contributed by atoms with Gasteiger partial charge in [-0.25, -0.2) is 9.97 Å². The van der Waals surface area contributed by atoms with Crippen LogP contribution in [0.1, 0.15) is 11.5 Å². The quantitative estimate of drug-likeness (QED) is 0.794. The van der Waals surface area contributed by atoms with Gasteiger partial charge in [0, 0.05) is 24.2 Å². The Bertz CT molecular complexity index is 716. The van der Waals surface area contributed by atoms with E-state index in [1.165, 1.54) is 23.5 Å². The van der Waals surface area contributed by atoms with Crippen molar-refractivity contribution in [3.05, 3.63) is 42.3 Å². The van der Waals surface area contributed by atoms with Crippen molar-refractivity contribution in [1.29, 1.82) is 0 Å². The molecule has 2 N–H and O–H groups in total. The van der Waals surface area contributed by atoms with Crippen molar-refractivity contribution in [1.82, 2.24) is 20.4 Å². The third-order valence-corrected chi connectivity index (χ3v) is 3.31. The summed E-state index contributed by atoms with van der Waals surface area (Å²) in [6.07, 6.45) is 0.607. The fourth-order valence-corrected chi connectivity index (χ4v) is 1.99. The van der Waals surface area contributed by atoms with Gasteiger partial charge in [0.1, 0.15) is 5.69 Å². The molecular weight excluding hydrogens is 325 g/mol. The van der Waals surface area contributed by atoms with E-state index in [1.807, 2.05) is 0 Å². The molecule has 1 aliphatic rings. The highest BCUT2D eigenvalue weighted by Crippen LogP contribution is 2.28. The second-order valence-electron chi connectivity index (χ2n) is 4.29. The Labute approximate surface area is 123 Å². The minimum Gasteiger partial charge on any atom is -0.305 e. The molecule has 0 radical (unpaired) electrons. The van der Waals surface area contributed by atoms with Crippen molar-refractivity contribution in [3.8, 4) is 0 Å². The van der Waals surface area contributed by atoms with Crippen LogP contribution >= 0.6 is 0 Å². The van der Waals surface area contributed by atoms with Crippen LogP contribution in [0.15, 0.2) is 30.7 Å². The van der Waals surface area contributed by atoms with Gasteiger partial charge >= 0.3 is 6.18 Å². The third kappa shape index (κ3) is 4.43. The van der Waals surface area contributed by atoms with E-state index in [-0.39, 0.29) is 12.4 Å². The molecular formula is C11H11F3N4O3S. The molecule has 1 aromatic rings. The van der Waals surface area contributed by atoms with Crippen molar-refractivity contribution in [2.45, 2.75) is 6.18 Å². The summed E-state index contributed by atoms with van der Waals surface area (Å²) in [6.45, 7) is -0.0391. The highest BCUT2D eigenvalue weighted by atomic mass is 32.2. The molecule has 0 saturated heterocycles. The normalized spacial score (nSPS) is 15.5. The lowest BCUT2D eigenvalue weighted by Gasteiger charge is -2.23. The number of allylic oxidation sites excluding steroid dienone is 2. The zero-order valence-corrected chi connectivity index (χ0v) is 11.8. The summed E-state index contributed by atoms with van der Waals surface area (Å²) in [4.78, 5) is 7.19. The second-order valence-corrected chi connectivity index (χ2v) is 5.86. The van der Waals surface area contributed by atoms with Crippen molar-refractivity contribution < 1.29 is 26.1 Å². The monoisotopic (exact) mass is 336 g/mol. The number of nitrogens with one attached hydrogen (secondary N) is 1. The van der Waals surface area contributed by atoms with Gasteiger partial charge in [-0.3, -0.25) is 9.56 Å². The Morgan fingerprint density at radius 3 is 2.64 bits per heavy atom. The van der Waals surface area contributed by atoms with E-state index in [9.17, 15) is 21.6 Å². The molecule has 0 bridgehead atoms. The highest BCUT2D eigenvalue weighted by Gasteiger charge is 2.33. The second kappa shape index (κ2) is 5.93. The number of rotatable bonds is 4. The van der Waals surface area contributed by atoms with Gasteiger partial charge in [0.15, 0.2) is 5.82 Å². The zero-order chi connectivity index (χ0) is 16.4. The number of hydrazine groups is 1. The summed E-state index contributed by atoms with van der Waals surface area (Å²) < 4.78 is 67.6. The Balaban J connectivity index is 2.07. The zero-order valence-electron chi connectivity index (χ0n) is 10.9. The minimum absolute atomic E-state index is 0.0391. The molecule has 11 heteroatoms.